The van der Waals surface area contributed by atoms with E-state index in [0.717, 1.165) is 31.5 Å². The number of benzene rings is 1. The Bertz CT molecular complexity index is 453. The van der Waals surface area contributed by atoms with Crippen LogP contribution >= 0.6 is 15.9 Å². The Morgan fingerprint density at radius 1 is 1.56 bits per heavy atom. The summed E-state index contributed by atoms with van der Waals surface area (Å²) >= 11 is 3.18. The monoisotopic (exact) mass is 314 g/mol. The Kier molecular flexibility index (Phi) is 4.35. The number of likely N-dealkylation sites (tertiary alicyclic amines) is 1. The molecule has 5 heteroatoms. The lowest BCUT2D eigenvalue weighted by molar-refractivity contribution is -0.123. The van der Waals surface area contributed by atoms with Gasteiger partial charge >= 0.3 is 0 Å². The van der Waals surface area contributed by atoms with Crippen molar-refractivity contribution in [1.29, 1.82) is 0 Å². The normalized spacial score (nSPS) is 20.9. The molecule has 1 aromatic rings. The van der Waals surface area contributed by atoms with Crippen molar-refractivity contribution in [3.05, 3.63) is 34.1 Å². The van der Waals surface area contributed by atoms with E-state index in [1.54, 1.807) is 12.1 Å². The first-order valence-corrected chi connectivity index (χ1v) is 6.81. The minimum Gasteiger partial charge on any atom is -0.369 e. The maximum Gasteiger partial charge on any atom is 0.221 e. The second-order valence-corrected chi connectivity index (χ2v) is 5.58. The Morgan fingerprint density at radius 3 is 3.00 bits per heavy atom. The number of hydrogen-bond acceptors (Lipinski definition) is 2. The molecule has 1 aliphatic heterocycles. The lowest BCUT2D eigenvalue weighted by Crippen LogP contribution is -2.40. The van der Waals surface area contributed by atoms with Crippen LogP contribution in [0.1, 0.15) is 18.4 Å². The van der Waals surface area contributed by atoms with E-state index in [9.17, 15) is 9.18 Å². The summed E-state index contributed by atoms with van der Waals surface area (Å²) < 4.78 is 13.6. The zero-order chi connectivity index (χ0) is 13.1. The molecule has 1 heterocycles. The molecule has 0 saturated carbocycles. The van der Waals surface area contributed by atoms with E-state index in [-0.39, 0.29) is 17.6 Å². The average molecular weight is 315 g/mol. The highest BCUT2D eigenvalue weighted by molar-refractivity contribution is 9.10. The number of hydrogen-bond donors (Lipinski definition) is 1. The molecule has 0 spiro atoms. The number of rotatable bonds is 3. The third-order valence-electron chi connectivity index (χ3n) is 3.30. The summed E-state index contributed by atoms with van der Waals surface area (Å²) in [7, 11) is 0. The van der Waals surface area contributed by atoms with Crippen LogP contribution in [0.15, 0.2) is 22.7 Å². The highest BCUT2D eigenvalue weighted by Gasteiger charge is 2.23. The molecule has 2 rings (SSSR count). The first-order valence-electron chi connectivity index (χ1n) is 6.02. The first-order chi connectivity index (χ1) is 8.56. The SMILES string of the molecule is NC(=O)C1CCCN(Cc2ccc(F)c(Br)c2)C1. The van der Waals surface area contributed by atoms with Crippen LogP contribution in [0.25, 0.3) is 0 Å². The minimum absolute atomic E-state index is 0.0531. The number of carbonyl (C=O) groups excluding carboxylic acids is 1. The van der Waals surface area contributed by atoms with Gasteiger partial charge in [-0.15, -0.1) is 0 Å². The van der Waals surface area contributed by atoms with Gasteiger partial charge in [-0.2, -0.15) is 0 Å². The number of piperidine rings is 1. The van der Waals surface area contributed by atoms with E-state index in [2.05, 4.69) is 20.8 Å². The Morgan fingerprint density at radius 2 is 2.33 bits per heavy atom. The maximum absolute atomic E-state index is 13.1. The standard InChI is InChI=1S/C13H16BrFN2O/c14-11-6-9(3-4-12(11)15)7-17-5-1-2-10(8-17)13(16)18/h3-4,6,10H,1-2,5,7-8H2,(H2,16,18). The van der Waals surface area contributed by atoms with E-state index < -0.39 is 0 Å². The molecule has 1 saturated heterocycles. The predicted molar refractivity (Wildman–Crippen MR) is 71.3 cm³/mol. The van der Waals surface area contributed by atoms with Crippen molar-refractivity contribution < 1.29 is 9.18 Å². The highest BCUT2D eigenvalue weighted by atomic mass is 79.9. The second kappa shape index (κ2) is 5.80. The summed E-state index contributed by atoms with van der Waals surface area (Å²) in [5.74, 6) is -0.532. The van der Waals surface area contributed by atoms with Crippen molar-refractivity contribution >= 4 is 21.8 Å². The number of primary amides is 1. The molecule has 0 aliphatic carbocycles. The summed E-state index contributed by atoms with van der Waals surface area (Å²) in [6.07, 6.45) is 1.86. The van der Waals surface area contributed by atoms with Gasteiger partial charge in [0.25, 0.3) is 0 Å². The van der Waals surface area contributed by atoms with Crippen LogP contribution in [-0.2, 0) is 11.3 Å². The van der Waals surface area contributed by atoms with Crippen molar-refractivity contribution in [3.63, 3.8) is 0 Å². The van der Waals surface area contributed by atoms with Crippen LogP contribution in [-0.4, -0.2) is 23.9 Å². The van der Waals surface area contributed by atoms with E-state index in [0.29, 0.717) is 11.0 Å². The largest absolute Gasteiger partial charge is 0.369 e. The molecule has 0 radical (unpaired) electrons. The lowest BCUT2D eigenvalue weighted by atomic mass is 9.97. The van der Waals surface area contributed by atoms with Crippen LogP contribution < -0.4 is 5.73 Å². The van der Waals surface area contributed by atoms with Gasteiger partial charge in [0.15, 0.2) is 0 Å². The summed E-state index contributed by atoms with van der Waals surface area (Å²) in [5.41, 5.74) is 6.38. The molecule has 1 fully saturated rings. The van der Waals surface area contributed by atoms with Crippen molar-refractivity contribution in [2.24, 2.45) is 11.7 Å². The van der Waals surface area contributed by atoms with Gasteiger partial charge in [-0.1, -0.05) is 6.07 Å². The van der Waals surface area contributed by atoms with Crippen LogP contribution in [0.3, 0.4) is 0 Å². The third kappa shape index (κ3) is 3.29. The van der Waals surface area contributed by atoms with Gasteiger partial charge in [0.1, 0.15) is 5.82 Å². The van der Waals surface area contributed by atoms with Crippen LogP contribution in [0.4, 0.5) is 4.39 Å². The van der Waals surface area contributed by atoms with Crippen molar-refractivity contribution in [1.82, 2.24) is 4.90 Å². The molecule has 0 aromatic heterocycles. The van der Waals surface area contributed by atoms with Gasteiger partial charge in [-0.05, 0) is 53.0 Å². The average Bonchev–Trinajstić information content (AvgIpc) is 2.34. The van der Waals surface area contributed by atoms with Crippen LogP contribution in [0.2, 0.25) is 0 Å². The zero-order valence-corrected chi connectivity index (χ0v) is 11.6. The predicted octanol–water partition coefficient (Wildman–Crippen LogP) is 2.29. The Balaban J connectivity index is 2.00. The fourth-order valence-corrected chi connectivity index (χ4v) is 2.75. The van der Waals surface area contributed by atoms with Crippen molar-refractivity contribution in [2.75, 3.05) is 13.1 Å². The summed E-state index contributed by atoms with van der Waals surface area (Å²) in [6, 6.07) is 5.01. The second-order valence-electron chi connectivity index (χ2n) is 4.73. The summed E-state index contributed by atoms with van der Waals surface area (Å²) in [4.78, 5) is 13.4. The fourth-order valence-electron chi connectivity index (χ4n) is 2.33. The molecule has 1 atom stereocenters. The van der Waals surface area contributed by atoms with Gasteiger partial charge in [-0.3, -0.25) is 9.69 Å². The maximum atomic E-state index is 13.1. The summed E-state index contributed by atoms with van der Waals surface area (Å²) in [5, 5.41) is 0. The summed E-state index contributed by atoms with van der Waals surface area (Å²) in [6.45, 7) is 2.38. The number of halogens is 2. The van der Waals surface area contributed by atoms with Gasteiger partial charge < -0.3 is 5.73 Å². The molecule has 1 amide bonds. The van der Waals surface area contributed by atoms with Gasteiger partial charge in [-0.25, -0.2) is 4.39 Å². The van der Waals surface area contributed by atoms with Crippen molar-refractivity contribution in [2.45, 2.75) is 19.4 Å². The topological polar surface area (TPSA) is 46.3 Å². The number of carbonyl (C=O) groups is 1. The molecule has 1 unspecified atom stereocenters. The quantitative estimate of drug-likeness (QED) is 0.930. The molecular weight excluding hydrogens is 299 g/mol. The molecule has 18 heavy (non-hydrogen) atoms. The van der Waals surface area contributed by atoms with Gasteiger partial charge in [0.05, 0.1) is 10.4 Å². The smallest absolute Gasteiger partial charge is 0.221 e. The van der Waals surface area contributed by atoms with E-state index in [1.807, 2.05) is 0 Å². The van der Waals surface area contributed by atoms with E-state index in [1.165, 1.54) is 6.07 Å². The van der Waals surface area contributed by atoms with Crippen LogP contribution in [0, 0.1) is 11.7 Å². The van der Waals surface area contributed by atoms with Gasteiger partial charge in [0, 0.05) is 13.1 Å². The number of nitrogens with zero attached hydrogens (tertiary/aromatic N) is 1. The van der Waals surface area contributed by atoms with Crippen LogP contribution in [0.5, 0.6) is 0 Å². The molecule has 2 N–H and O–H groups in total. The fraction of sp³-hybridized carbons (Fsp3) is 0.462. The zero-order valence-electron chi connectivity index (χ0n) is 10.0. The van der Waals surface area contributed by atoms with E-state index in [4.69, 9.17) is 5.73 Å². The minimum atomic E-state index is -0.257. The molecule has 0 bridgehead atoms. The van der Waals surface area contributed by atoms with E-state index >= 15 is 0 Å². The molecule has 1 aromatic carbocycles. The Hall–Kier alpha value is -0.940. The van der Waals surface area contributed by atoms with Crippen molar-refractivity contribution in [3.8, 4) is 0 Å². The Labute approximate surface area is 114 Å². The first kappa shape index (κ1) is 13.5. The lowest BCUT2D eigenvalue weighted by Gasteiger charge is -2.31. The molecule has 1 aliphatic rings. The molecular formula is C13H16BrFN2O. The highest BCUT2D eigenvalue weighted by Crippen LogP contribution is 2.21. The number of amides is 1. The molecule has 98 valence electrons. The number of nitrogens with two attached hydrogens (primary N) is 1. The van der Waals surface area contributed by atoms with Gasteiger partial charge in [0.2, 0.25) is 5.91 Å². The third-order valence-corrected chi connectivity index (χ3v) is 3.91. The molecule has 3 nitrogen and oxygen atoms in total.